The van der Waals surface area contributed by atoms with Gasteiger partial charge in [-0.2, -0.15) is 4.98 Å². The van der Waals surface area contributed by atoms with E-state index in [1.807, 2.05) is 45.0 Å². The highest BCUT2D eigenvalue weighted by Gasteiger charge is 2.24. The third kappa shape index (κ3) is 4.19. The molecular weight excluding hydrogens is 306 g/mol. The molecule has 1 atom stereocenters. The number of carbonyl (C=O) groups is 1. The third-order valence-corrected chi connectivity index (χ3v) is 4.01. The van der Waals surface area contributed by atoms with Crippen LogP contribution in [0, 0.1) is 5.92 Å². The molecule has 2 aromatic rings. The zero-order valence-corrected chi connectivity index (χ0v) is 14.5. The van der Waals surface area contributed by atoms with Gasteiger partial charge in [-0.25, -0.2) is 4.79 Å². The van der Waals surface area contributed by atoms with Gasteiger partial charge in [0.05, 0.1) is 0 Å². The summed E-state index contributed by atoms with van der Waals surface area (Å²) in [5, 5.41) is 2.87. The largest absolute Gasteiger partial charge is 0.444 e. The van der Waals surface area contributed by atoms with E-state index in [0.29, 0.717) is 18.5 Å². The zero-order valence-electron chi connectivity index (χ0n) is 14.5. The fourth-order valence-electron chi connectivity index (χ4n) is 2.94. The molecule has 2 heterocycles. The third-order valence-electron chi connectivity index (χ3n) is 4.01. The van der Waals surface area contributed by atoms with Gasteiger partial charge in [-0.3, -0.25) is 0 Å². The van der Waals surface area contributed by atoms with Crippen LogP contribution in [0.2, 0.25) is 0 Å². The van der Waals surface area contributed by atoms with Crippen molar-refractivity contribution in [2.24, 2.45) is 5.92 Å². The summed E-state index contributed by atoms with van der Waals surface area (Å²) in [7, 11) is 0. The van der Waals surface area contributed by atoms with Crippen LogP contribution in [0.3, 0.4) is 0 Å². The number of para-hydroxylation sites is 2. The molecule has 3 rings (SSSR count). The highest BCUT2D eigenvalue weighted by Crippen LogP contribution is 2.26. The van der Waals surface area contributed by atoms with Crippen molar-refractivity contribution in [3.8, 4) is 0 Å². The second kappa shape index (κ2) is 6.71. The number of rotatable bonds is 3. The number of oxazole rings is 1. The van der Waals surface area contributed by atoms with E-state index in [4.69, 9.17) is 9.15 Å². The number of nitrogens with one attached hydrogen (secondary N) is 1. The summed E-state index contributed by atoms with van der Waals surface area (Å²) >= 11 is 0. The number of amides is 1. The van der Waals surface area contributed by atoms with Crippen LogP contribution >= 0.6 is 0 Å². The Bertz CT molecular complexity index is 672. The van der Waals surface area contributed by atoms with Crippen molar-refractivity contribution in [1.82, 2.24) is 10.3 Å². The Morgan fingerprint density at radius 1 is 1.42 bits per heavy atom. The van der Waals surface area contributed by atoms with Crippen LogP contribution in [0.4, 0.5) is 10.8 Å². The maximum atomic E-state index is 11.8. The standard InChI is InChI=1S/C18H25N3O3/c1-18(2,3)24-17(22)19-11-13-7-6-10-21(12-13)16-20-14-8-4-5-9-15(14)23-16/h4-5,8-9,13H,6-7,10-12H2,1-3H3,(H,19,22)/t13-/m0/s1. The first kappa shape index (κ1) is 16.6. The van der Waals surface area contributed by atoms with Crippen molar-refractivity contribution < 1.29 is 13.9 Å². The van der Waals surface area contributed by atoms with Crippen LogP contribution in [-0.2, 0) is 4.74 Å². The van der Waals surface area contributed by atoms with Crippen molar-refractivity contribution >= 4 is 23.2 Å². The van der Waals surface area contributed by atoms with Gasteiger partial charge in [-0.1, -0.05) is 12.1 Å². The monoisotopic (exact) mass is 331 g/mol. The van der Waals surface area contributed by atoms with Crippen LogP contribution in [0.25, 0.3) is 11.1 Å². The summed E-state index contributed by atoms with van der Waals surface area (Å²) in [6.45, 7) is 7.94. The highest BCUT2D eigenvalue weighted by molar-refractivity contribution is 5.74. The molecule has 1 aromatic carbocycles. The Labute approximate surface area is 142 Å². The van der Waals surface area contributed by atoms with Crippen molar-refractivity contribution in [2.75, 3.05) is 24.5 Å². The summed E-state index contributed by atoms with van der Waals surface area (Å²) in [6, 6.07) is 8.45. The van der Waals surface area contributed by atoms with Crippen LogP contribution in [0.15, 0.2) is 28.7 Å². The molecule has 1 aliphatic rings. The number of nitrogens with zero attached hydrogens (tertiary/aromatic N) is 2. The first-order valence-corrected chi connectivity index (χ1v) is 8.48. The summed E-state index contributed by atoms with van der Waals surface area (Å²) in [4.78, 5) is 18.5. The van der Waals surface area contributed by atoms with E-state index < -0.39 is 5.60 Å². The predicted octanol–water partition coefficient (Wildman–Crippen LogP) is 3.57. The number of piperidine rings is 1. The predicted molar refractivity (Wildman–Crippen MR) is 93.2 cm³/mol. The summed E-state index contributed by atoms with van der Waals surface area (Å²) in [5.74, 6) is 0.362. The van der Waals surface area contributed by atoms with Gasteiger partial charge in [0, 0.05) is 19.6 Å². The van der Waals surface area contributed by atoms with Gasteiger partial charge in [-0.05, 0) is 51.7 Å². The SMILES string of the molecule is CC(C)(C)OC(=O)NC[C@@H]1CCCN(c2nc3ccccc3o2)C1. The molecule has 6 heteroatoms. The molecule has 130 valence electrons. The molecule has 1 amide bonds. The minimum atomic E-state index is -0.471. The van der Waals surface area contributed by atoms with Crippen LogP contribution in [0.1, 0.15) is 33.6 Å². The van der Waals surface area contributed by atoms with E-state index in [1.165, 1.54) is 0 Å². The van der Waals surface area contributed by atoms with E-state index in [-0.39, 0.29) is 6.09 Å². The smallest absolute Gasteiger partial charge is 0.407 e. The van der Waals surface area contributed by atoms with Crippen molar-refractivity contribution in [3.63, 3.8) is 0 Å². The van der Waals surface area contributed by atoms with Gasteiger partial charge >= 0.3 is 6.09 Å². The first-order valence-electron chi connectivity index (χ1n) is 8.48. The van der Waals surface area contributed by atoms with Crippen molar-refractivity contribution in [2.45, 2.75) is 39.2 Å². The van der Waals surface area contributed by atoms with Gasteiger partial charge < -0.3 is 19.4 Å². The number of aromatic nitrogens is 1. The number of ether oxygens (including phenoxy) is 1. The molecule has 1 N–H and O–H groups in total. The molecule has 1 aromatic heterocycles. The lowest BCUT2D eigenvalue weighted by Crippen LogP contribution is -2.42. The number of hydrogen-bond donors (Lipinski definition) is 1. The van der Waals surface area contributed by atoms with E-state index in [9.17, 15) is 4.79 Å². The lowest BCUT2D eigenvalue weighted by molar-refractivity contribution is 0.0517. The van der Waals surface area contributed by atoms with E-state index >= 15 is 0 Å². The molecular formula is C18H25N3O3. The van der Waals surface area contributed by atoms with E-state index in [1.54, 1.807) is 0 Å². The lowest BCUT2D eigenvalue weighted by atomic mass is 9.98. The van der Waals surface area contributed by atoms with Gasteiger partial charge in [0.2, 0.25) is 0 Å². The van der Waals surface area contributed by atoms with Crippen LogP contribution in [0.5, 0.6) is 0 Å². The summed E-state index contributed by atoms with van der Waals surface area (Å²) < 4.78 is 11.1. The summed E-state index contributed by atoms with van der Waals surface area (Å²) in [5.41, 5.74) is 1.21. The first-order chi connectivity index (χ1) is 11.4. The molecule has 0 unspecified atom stereocenters. The van der Waals surface area contributed by atoms with Crippen molar-refractivity contribution in [3.05, 3.63) is 24.3 Å². The molecule has 0 bridgehead atoms. The van der Waals surface area contributed by atoms with Gasteiger partial charge in [0.25, 0.3) is 6.01 Å². The molecule has 1 aliphatic heterocycles. The quantitative estimate of drug-likeness (QED) is 0.931. The minimum absolute atomic E-state index is 0.360. The Morgan fingerprint density at radius 3 is 2.96 bits per heavy atom. The molecule has 1 fully saturated rings. The fourth-order valence-corrected chi connectivity index (χ4v) is 2.94. The van der Waals surface area contributed by atoms with Crippen LogP contribution < -0.4 is 10.2 Å². The molecule has 0 spiro atoms. The Hall–Kier alpha value is -2.24. The number of anilines is 1. The molecule has 1 saturated heterocycles. The molecule has 0 saturated carbocycles. The number of hydrogen-bond acceptors (Lipinski definition) is 5. The molecule has 24 heavy (non-hydrogen) atoms. The molecule has 6 nitrogen and oxygen atoms in total. The minimum Gasteiger partial charge on any atom is -0.444 e. The average molecular weight is 331 g/mol. The topological polar surface area (TPSA) is 67.6 Å². The number of fused-ring (bicyclic) bond motifs is 1. The second-order valence-corrected chi connectivity index (χ2v) is 7.30. The lowest BCUT2D eigenvalue weighted by Gasteiger charge is -2.31. The van der Waals surface area contributed by atoms with Gasteiger partial charge in [0.15, 0.2) is 5.58 Å². The molecule has 0 radical (unpaired) electrons. The Morgan fingerprint density at radius 2 is 2.21 bits per heavy atom. The van der Waals surface area contributed by atoms with Gasteiger partial charge in [-0.15, -0.1) is 0 Å². The number of carbonyl (C=O) groups excluding carboxylic acids is 1. The fraction of sp³-hybridized carbons (Fsp3) is 0.556. The Balaban J connectivity index is 1.57. The Kier molecular flexibility index (Phi) is 4.64. The number of benzene rings is 1. The maximum Gasteiger partial charge on any atom is 0.407 e. The normalized spacial score (nSPS) is 18.6. The maximum absolute atomic E-state index is 11.8. The number of alkyl carbamates (subject to hydrolysis) is 1. The van der Waals surface area contributed by atoms with E-state index in [2.05, 4.69) is 15.2 Å². The second-order valence-electron chi connectivity index (χ2n) is 7.30. The zero-order chi connectivity index (χ0) is 17.2. The van der Waals surface area contributed by atoms with E-state index in [0.717, 1.165) is 37.0 Å². The average Bonchev–Trinajstić information content (AvgIpc) is 2.96. The van der Waals surface area contributed by atoms with Crippen molar-refractivity contribution in [1.29, 1.82) is 0 Å². The highest BCUT2D eigenvalue weighted by atomic mass is 16.6. The summed E-state index contributed by atoms with van der Waals surface area (Å²) in [6.07, 6.45) is 1.77. The molecule has 0 aliphatic carbocycles. The van der Waals surface area contributed by atoms with Crippen LogP contribution in [-0.4, -0.2) is 36.3 Å². The van der Waals surface area contributed by atoms with Gasteiger partial charge in [0.1, 0.15) is 11.1 Å².